The Morgan fingerprint density at radius 3 is 2.38 bits per heavy atom. The quantitative estimate of drug-likeness (QED) is 0.783. The van der Waals surface area contributed by atoms with Crippen molar-refractivity contribution in [3.63, 3.8) is 0 Å². The highest BCUT2D eigenvalue weighted by molar-refractivity contribution is 4.86. The van der Waals surface area contributed by atoms with Crippen LogP contribution in [0.1, 0.15) is 32.6 Å². The molecule has 0 amide bonds. The van der Waals surface area contributed by atoms with Crippen LogP contribution in [0.5, 0.6) is 0 Å². The minimum absolute atomic E-state index is 0.250. The number of nitrogens with zero attached hydrogens (tertiary/aromatic N) is 1. The Bertz CT molecular complexity index is 216. The van der Waals surface area contributed by atoms with Crippen LogP contribution in [0.3, 0.4) is 0 Å². The van der Waals surface area contributed by atoms with E-state index in [1.807, 2.05) is 6.92 Å². The smallest absolute Gasteiger partial charge is 0.168 e. The molecule has 2 rings (SSSR count). The van der Waals surface area contributed by atoms with Crippen molar-refractivity contribution < 1.29 is 14.6 Å². The molecule has 1 N–H and O–H groups in total. The number of aliphatic hydroxyl groups is 1. The first-order valence-electron chi connectivity index (χ1n) is 6.27. The summed E-state index contributed by atoms with van der Waals surface area (Å²) in [6, 6.07) is 0.563. The fourth-order valence-corrected chi connectivity index (χ4v) is 2.83. The first kappa shape index (κ1) is 12.3. The molecule has 0 aromatic rings. The van der Waals surface area contributed by atoms with Gasteiger partial charge in [0.2, 0.25) is 0 Å². The van der Waals surface area contributed by atoms with Crippen molar-refractivity contribution in [2.45, 2.75) is 50.5 Å². The highest BCUT2D eigenvalue weighted by Gasteiger charge is 2.40. The van der Waals surface area contributed by atoms with Crippen molar-refractivity contribution in [3.8, 4) is 0 Å². The second kappa shape index (κ2) is 5.00. The topological polar surface area (TPSA) is 41.9 Å². The van der Waals surface area contributed by atoms with E-state index < -0.39 is 0 Å². The van der Waals surface area contributed by atoms with Crippen molar-refractivity contribution >= 4 is 0 Å². The molecule has 0 radical (unpaired) electrons. The van der Waals surface area contributed by atoms with Crippen molar-refractivity contribution in [2.24, 2.45) is 0 Å². The summed E-state index contributed by atoms with van der Waals surface area (Å²) < 4.78 is 11.4. The summed E-state index contributed by atoms with van der Waals surface area (Å²) in [5.41, 5.74) is 0. The Hall–Kier alpha value is -0.160. The molecule has 1 atom stereocenters. The average molecular weight is 229 g/mol. The molecule has 1 saturated carbocycles. The highest BCUT2D eigenvalue weighted by atomic mass is 16.7. The largest absolute Gasteiger partial charge is 0.392 e. The molecule has 1 aliphatic heterocycles. The second-order valence-corrected chi connectivity index (χ2v) is 5.13. The molecule has 94 valence electrons. The van der Waals surface area contributed by atoms with Crippen molar-refractivity contribution in [1.82, 2.24) is 4.90 Å². The van der Waals surface area contributed by atoms with Gasteiger partial charge in [-0.05, 0) is 26.8 Å². The van der Waals surface area contributed by atoms with Gasteiger partial charge < -0.3 is 19.5 Å². The minimum Gasteiger partial charge on any atom is -0.392 e. The zero-order valence-electron chi connectivity index (χ0n) is 10.3. The maximum atomic E-state index is 9.37. The van der Waals surface area contributed by atoms with E-state index in [4.69, 9.17) is 9.47 Å². The van der Waals surface area contributed by atoms with Crippen molar-refractivity contribution in [1.29, 1.82) is 0 Å². The molecule has 0 aromatic carbocycles. The summed E-state index contributed by atoms with van der Waals surface area (Å²) >= 11 is 0. The van der Waals surface area contributed by atoms with Crippen LogP contribution in [0, 0.1) is 0 Å². The average Bonchev–Trinajstić information content (AvgIpc) is 2.66. The molecule has 16 heavy (non-hydrogen) atoms. The van der Waals surface area contributed by atoms with Gasteiger partial charge in [-0.3, -0.25) is 0 Å². The highest BCUT2D eigenvalue weighted by Crippen LogP contribution is 2.36. The summed E-state index contributed by atoms with van der Waals surface area (Å²) in [5.74, 6) is -0.262. The van der Waals surface area contributed by atoms with E-state index in [-0.39, 0.29) is 11.9 Å². The summed E-state index contributed by atoms with van der Waals surface area (Å²) in [5, 5.41) is 9.37. The molecule has 0 bridgehead atoms. The predicted octanol–water partition coefficient (Wildman–Crippen LogP) is 0.985. The van der Waals surface area contributed by atoms with Crippen LogP contribution >= 0.6 is 0 Å². The standard InChI is InChI=1S/C12H23NO3/c1-10(14)9-13(2)11-3-5-12(6-4-11)15-7-8-16-12/h10-11,14H,3-9H2,1-2H3. The van der Waals surface area contributed by atoms with Crippen LogP contribution in [0.15, 0.2) is 0 Å². The monoisotopic (exact) mass is 229 g/mol. The summed E-state index contributed by atoms with van der Waals surface area (Å²) in [6.07, 6.45) is 3.93. The van der Waals surface area contributed by atoms with Crippen LogP contribution in [-0.2, 0) is 9.47 Å². The third kappa shape index (κ3) is 2.74. The van der Waals surface area contributed by atoms with Crippen LogP contribution in [0.2, 0.25) is 0 Å². The molecular weight excluding hydrogens is 206 g/mol. The fourth-order valence-electron chi connectivity index (χ4n) is 2.83. The number of hydrogen-bond donors (Lipinski definition) is 1. The van der Waals surface area contributed by atoms with Gasteiger partial charge >= 0.3 is 0 Å². The van der Waals surface area contributed by atoms with Gasteiger partial charge in [0.15, 0.2) is 5.79 Å². The Balaban J connectivity index is 1.80. The zero-order chi connectivity index (χ0) is 11.6. The van der Waals surface area contributed by atoms with Crippen LogP contribution in [-0.4, -0.2) is 54.7 Å². The molecule has 1 heterocycles. The van der Waals surface area contributed by atoms with Gasteiger partial charge in [-0.2, -0.15) is 0 Å². The molecule has 4 heteroatoms. The van der Waals surface area contributed by atoms with Crippen molar-refractivity contribution in [2.75, 3.05) is 26.8 Å². The normalized spacial score (nSPS) is 27.8. The molecule has 2 fully saturated rings. The molecule has 0 aromatic heterocycles. The first-order chi connectivity index (χ1) is 7.61. The third-order valence-electron chi connectivity index (χ3n) is 3.71. The predicted molar refractivity (Wildman–Crippen MR) is 61.2 cm³/mol. The number of rotatable bonds is 3. The molecule has 1 saturated heterocycles. The van der Waals surface area contributed by atoms with Gasteiger partial charge in [0.05, 0.1) is 19.3 Å². The lowest BCUT2D eigenvalue weighted by atomic mass is 9.89. The number of aliphatic hydroxyl groups excluding tert-OH is 1. The zero-order valence-corrected chi connectivity index (χ0v) is 10.3. The lowest BCUT2D eigenvalue weighted by Gasteiger charge is -2.39. The van der Waals surface area contributed by atoms with E-state index in [0.29, 0.717) is 6.04 Å². The van der Waals surface area contributed by atoms with E-state index in [9.17, 15) is 5.11 Å². The van der Waals surface area contributed by atoms with Crippen LogP contribution in [0.4, 0.5) is 0 Å². The summed E-state index contributed by atoms with van der Waals surface area (Å²) in [6.45, 7) is 4.08. The van der Waals surface area contributed by atoms with Gasteiger partial charge in [0.1, 0.15) is 0 Å². The molecule has 1 aliphatic carbocycles. The fraction of sp³-hybridized carbons (Fsp3) is 1.00. The number of hydrogen-bond acceptors (Lipinski definition) is 4. The maximum Gasteiger partial charge on any atom is 0.168 e. The van der Waals surface area contributed by atoms with E-state index >= 15 is 0 Å². The number of ether oxygens (including phenoxy) is 2. The lowest BCUT2D eigenvalue weighted by Crippen LogP contribution is -2.44. The molecule has 1 spiro atoms. The van der Waals surface area contributed by atoms with E-state index in [2.05, 4.69) is 11.9 Å². The Kier molecular flexibility index (Phi) is 3.85. The molecule has 1 unspecified atom stereocenters. The number of likely N-dealkylation sites (N-methyl/N-ethyl adjacent to an activating group) is 1. The molecule has 4 nitrogen and oxygen atoms in total. The third-order valence-corrected chi connectivity index (χ3v) is 3.71. The van der Waals surface area contributed by atoms with E-state index in [0.717, 1.165) is 45.4 Å². The summed E-state index contributed by atoms with van der Waals surface area (Å²) in [7, 11) is 2.09. The second-order valence-electron chi connectivity index (χ2n) is 5.13. The minimum atomic E-state index is -0.262. The molecular formula is C12H23NO3. The first-order valence-corrected chi connectivity index (χ1v) is 6.27. The Labute approximate surface area is 97.5 Å². The summed E-state index contributed by atoms with van der Waals surface area (Å²) in [4.78, 5) is 2.26. The Morgan fingerprint density at radius 1 is 1.31 bits per heavy atom. The van der Waals surface area contributed by atoms with E-state index in [1.54, 1.807) is 0 Å². The van der Waals surface area contributed by atoms with Gasteiger partial charge in [0, 0.05) is 25.4 Å². The van der Waals surface area contributed by atoms with Gasteiger partial charge in [-0.1, -0.05) is 0 Å². The maximum absolute atomic E-state index is 9.37. The SMILES string of the molecule is CC(O)CN(C)C1CCC2(CC1)OCCO2. The van der Waals surface area contributed by atoms with Gasteiger partial charge in [0.25, 0.3) is 0 Å². The van der Waals surface area contributed by atoms with E-state index in [1.165, 1.54) is 0 Å². The Morgan fingerprint density at radius 2 is 1.88 bits per heavy atom. The van der Waals surface area contributed by atoms with Crippen molar-refractivity contribution in [3.05, 3.63) is 0 Å². The lowest BCUT2D eigenvalue weighted by molar-refractivity contribution is -0.183. The molecule has 2 aliphatic rings. The van der Waals surface area contributed by atoms with Crippen LogP contribution < -0.4 is 0 Å². The van der Waals surface area contributed by atoms with Gasteiger partial charge in [-0.15, -0.1) is 0 Å². The van der Waals surface area contributed by atoms with Crippen LogP contribution in [0.25, 0.3) is 0 Å². The van der Waals surface area contributed by atoms with Gasteiger partial charge in [-0.25, -0.2) is 0 Å².